The average Bonchev–Trinajstić information content (AvgIpc) is 2.57. The molecule has 1 heterocycles. The zero-order chi connectivity index (χ0) is 19.3. The molecular weight excluding hydrogens is 349 g/mol. The number of nitrogens with zero attached hydrogens (tertiary/aromatic N) is 2. The summed E-state index contributed by atoms with van der Waals surface area (Å²) in [4.78, 5) is 0. The molecule has 142 valence electrons. The van der Waals surface area contributed by atoms with E-state index in [0.29, 0.717) is 36.9 Å². The van der Waals surface area contributed by atoms with Crippen LogP contribution in [0.15, 0.2) is 18.2 Å². The van der Waals surface area contributed by atoms with Gasteiger partial charge in [0.05, 0.1) is 17.9 Å². The molecule has 2 rings (SSSR count). The number of benzene rings is 1. The first-order valence-electron chi connectivity index (χ1n) is 8.03. The number of aromatic hydroxyl groups is 1. The van der Waals surface area contributed by atoms with E-state index >= 15 is 0 Å². The highest BCUT2D eigenvalue weighted by Crippen LogP contribution is 2.37. The van der Waals surface area contributed by atoms with E-state index in [2.05, 4.69) is 10.2 Å². The van der Waals surface area contributed by atoms with Crippen molar-refractivity contribution in [1.82, 2.24) is 10.2 Å². The highest BCUT2D eigenvalue weighted by molar-refractivity contribution is 5.71. The lowest BCUT2D eigenvalue weighted by Crippen LogP contribution is -2.09. The minimum Gasteiger partial charge on any atom is -0.507 e. The van der Waals surface area contributed by atoms with Crippen molar-refractivity contribution in [2.45, 2.75) is 32.5 Å². The molecule has 0 amide bonds. The van der Waals surface area contributed by atoms with Crippen molar-refractivity contribution >= 4 is 0 Å². The molecule has 0 spiro atoms. The fourth-order valence-electron chi connectivity index (χ4n) is 2.73. The molecule has 0 saturated heterocycles. The van der Waals surface area contributed by atoms with Crippen LogP contribution in [-0.2, 0) is 28.7 Å². The van der Waals surface area contributed by atoms with E-state index < -0.39 is 17.5 Å². The SMILES string of the molecule is COCCCc1c(-c2ccc(C(F)(F)F)cc2O)nnc(C)c1COC. The topological polar surface area (TPSA) is 64.5 Å². The summed E-state index contributed by atoms with van der Waals surface area (Å²) in [7, 11) is 3.14. The number of alkyl halides is 3. The van der Waals surface area contributed by atoms with E-state index in [4.69, 9.17) is 9.47 Å². The first kappa shape index (κ1) is 20.1. The second kappa shape index (κ2) is 8.46. The van der Waals surface area contributed by atoms with Crippen LogP contribution in [0.2, 0.25) is 0 Å². The van der Waals surface area contributed by atoms with Gasteiger partial charge in [-0.05, 0) is 43.5 Å². The number of methoxy groups -OCH3 is 2. The predicted octanol–water partition coefficient (Wildman–Crippen LogP) is 3.90. The van der Waals surface area contributed by atoms with Crippen molar-refractivity contribution in [3.05, 3.63) is 40.6 Å². The van der Waals surface area contributed by atoms with E-state index in [1.54, 1.807) is 21.1 Å². The number of aromatic nitrogens is 2. The van der Waals surface area contributed by atoms with Gasteiger partial charge < -0.3 is 14.6 Å². The third-order valence-corrected chi connectivity index (χ3v) is 4.03. The molecule has 0 bridgehead atoms. The largest absolute Gasteiger partial charge is 0.507 e. The van der Waals surface area contributed by atoms with Crippen LogP contribution in [0.25, 0.3) is 11.3 Å². The number of phenols is 1. The molecule has 0 aliphatic rings. The maximum Gasteiger partial charge on any atom is 0.416 e. The predicted molar refractivity (Wildman–Crippen MR) is 89.8 cm³/mol. The van der Waals surface area contributed by atoms with E-state index in [-0.39, 0.29) is 12.2 Å². The highest BCUT2D eigenvalue weighted by Gasteiger charge is 2.31. The molecule has 8 heteroatoms. The van der Waals surface area contributed by atoms with E-state index in [0.717, 1.165) is 17.2 Å². The Bertz CT molecular complexity index is 764. The summed E-state index contributed by atoms with van der Waals surface area (Å²) in [6, 6.07) is 2.84. The van der Waals surface area contributed by atoms with Crippen molar-refractivity contribution in [3.63, 3.8) is 0 Å². The van der Waals surface area contributed by atoms with Crippen LogP contribution >= 0.6 is 0 Å². The summed E-state index contributed by atoms with van der Waals surface area (Å²) in [5, 5.41) is 18.4. The molecule has 0 aliphatic carbocycles. The van der Waals surface area contributed by atoms with Gasteiger partial charge in [-0.2, -0.15) is 18.3 Å². The minimum absolute atomic E-state index is 0.204. The maximum atomic E-state index is 12.8. The summed E-state index contributed by atoms with van der Waals surface area (Å²) in [5.74, 6) is -0.491. The molecule has 0 saturated carbocycles. The number of hydrogen-bond donors (Lipinski definition) is 1. The number of hydrogen-bond acceptors (Lipinski definition) is 5. The van der Waals surface area contributed by atoms with Crippen molar-refractivity contribution in [2.24, 2.45) is 0 Å². The van der Waals surface area contributed by atoms with Gasteiger partial charge in [-0.3, -0.25) is 0 Å². The van der Waals surface area contributed by atoms with Crippen LogP contribution in [0, 0.1) is 6.92 Å². The summed E-state index contributed by atoms with van der Waals surface area (Å²) in [6.45, 7) is 2.60. The Labute approximate surface area is 149 Å². The molecule has 0 unspecified atom stereocenters. The Kier molecular flexibility index (Phi) is 6.55. The first-order valence-corrected chi connectivity index (χ1v) is 8.03. The van der Waals surface area contributed by atoms with Crippen LogP contribution in [0.1, 0.15) is 28.8 Å². The molecular formula is C18H21F3N2O3. The van der Waals surface area contributed by atoms with E-state index in [1.165, 1.54) is 6.07 Å². The maximum absolute atomic E-state index is 12.8. The second-order valence-corrected chi connectivity index (χ2v) is 5.85. The third-order valence-electron chi connectivity index (χ3n) is 4.03. The van der Waals surface area contributed by atoms with Gasteiger partial charge in [0.25, 0.3) is 0 Å². The van der Waals surface area contributed by atoms with Gasteiger partial charge in [-0.25, -0.2) is 0 Å². The fraction of sp³-hybridized carbons (Fsp3) is 0.444. The highest BCUT2D eigenvalue weighted by atomic mass is 19.4. The number of ether oxygens (including phenoxy) is 2. The number of phenolic OH excluding ortho intramolecular Hbond substituents is 1. The molecule has 1 N–H and O–H groups in total. The van der Waals surface area contributed by atoms with Gasteiger partial charge in [0, 0.05) is 32.0 Å². The second-order valence-electron chi connectivity index (χ2n) is 5.85. The Morgan fingerprint density at radius 2 is 1.81 bits per heavy atom. The van der Waals surface area contributed by atoms with E-state index in [9.17, 15) is 18.3 Å². The Morgan fingerprint density at radius 3 is 2.38 bits per heavy atom. The molecule has 0 fully saturated rings. The van der Waals surface area contributed by atoms with Crippen molar-refractivity contribution in [2.75, 3.05) is 20.8 Å². The lowest BCUT2D eigenvalue weighted by atomic mass is 9.95. The monoisotopic (exact) mass is 370 g/mol. The van der Waals surface area contributed by atoms with Crippen molar-refractivity contribution in [1.29, 1.82) is 0 Å². The van der Waals surface area contributed by atoms with Crippen LogP contribution in [0.4, 0.5) is 13.2 Å². The molecule has 0 radical (unpaired) electrons. The molecule has 1 aromatic carbocycles. The van der Waals surface area contributed by atoms with Crippen LogP contribution in [0.3, 0.4) is 0 Å². The average molecular weight is 370 g/mol. The van der Waals surface area contributed by atoms with Gasteiger partial charge in [-0.15, -0.1) is 5.10 Å². The van der Waals surface area contributed by atoms with Crippen LogP contribution in [0.5, 0.6) is 5.75 Å². The quantitative estimate of drug-likeness (QED) is 0.749. The molecule has 1 aromatic heterocycles. The Hall–Kier alpha value is -2.19. The fourth-order valence-corrected chi connectivity index (χ4v) is 2.73. The van der Waals surface area contributed by atoms with Gasteiger partial charge in [-0.1, -0.05) is 0 Å². The van der Waals surface area contributed by atoms with Crippen molar-refractivity contribution < 1.29 is 27.8 Å². The van der Waals surface area contributed by atoms with Crippen molar-refractivity contribution in [3.8, 4) is 17.0 Å². The Morgan fingerprint density at radius 1 is 1.08 bits per heavy atom. The van der Waals surface area contributed by atoms with E-state index in [1.807, 2.05) is 0 Å². The molecule has 5 nitrogen and oxygen atoms in total. The lowest BCUT2D eigenvalue weighted by molar-refractivity contribution is -0.137. The lowest BCUT2D eigenvalue weighted by Gasteiger charge is -2.16. The van der Waals surface area contributed by atoms with Crippen LogP contribution in [-0.4, -0.2) is 36.1 Å². The third kappa shape index (κ3) is 4.50. The Balaban J connectivity index is 2.55. The van der Waals surface area contributed by atoms with Crippen LogP contribution < -0.4 is 0 Å². The molecule has 0 aliphatic heterocycles. The zero-order valence-electron chi connectivity index (χ0n) is 14.9. The molecule has 26 heavy (non-hydrogen) atoms. The number of rotatable bonds is 7. The minimum atomic E-state index is -4.53. The number of halogens is 3. The zero-order valence-corrected chi connectivity index (χ0v) is 14.9. The summed E-state index contributed by atoms with van der Waals surface area (Å²) in [6.07, 6.45) is -3.27. The standard InChI is InChI=1S/C18H21F3N2O3/c1-11-15(10-26-3)13(5-4-8-25-2)17(23-22-11)14-7-6-12(9-16(14)24)18(19,20)21/h6-7,9,24H,4-5,8,10H2,1-3H3. The van der Waals surface area contributed by atoms with Gasteiger partial charge in [0.15, 0.2) is 0 Å². The molecule has 0 atom stereocenters. The smallest absolute Gasteiger partial charge is 0.416 e. The normalized spacial score (nSPS) is 11.8. The summed E-state index contributed by atoms with van der Waals surface area (Å²) < 4.78 is 48.8. The first-order chi connectivity index (χ1) is 12.3. The van der Waals surface area contributed by atoms with Gasteiger partial charge >= 0.3 is 6.18 Å². The van der Waals surface area contributed by atoms with Gasteiger partial charge in [0.1, 0.15) is 11.4 Å². The summed E-state index contributed by atoms with van der Waals surface area (Å²) in [5.41, 5.74) is 1.91. The molecule has 2 aromatic rings. The number of aryl methyl sites for hydroxylation is 1. The summed E-state index contributed by atoms with van der Waals surface area (Å²) >= 11 is 0. The van der Waals surface area contributed by atoms with Gasteiger partial charge in [0.2, 0.25) is 0 Å².